The lowest BCUT2D eigenvalue weighted by atomic mass is 9.94. The number of hydrogen-bond acceptors (Lipinski definition) is 23. The Bertz CT molecular complexity index is 1990. The number of fused-ring (bicyclic) bond motifs is 9. The molecule has 1 aromatic rings. The van der Waals surface area contributed by atoms with Gasteiger partial charge in [0, 0.05) is 58.2 Å². The van der Waals surface area contributed by atoms with Gasteiger partial charge in [0.1, 0.15) is 23.3 Å². The monoisotopic (exact) mass is 977 g/mol. The highest BCUT2D eigenvalue weighted by atomic mass is 35.5. The van der Waals surface area contributed by atoms with E-state index in [0.29, 0.717) is 63.6 Å². The molecule has 1 aromatic heterocycles. The van der Waals surface area contributed by atoms with E-state index < -0.39 is 35.0 Å². The second-order valence-corrected chi connectivity index (χ2v) is 16.1. The number of aliphatic imine (C=N–C) groups is 2. The van der Waals surface area contributed by atoms with E-state index in [2.05, 4.69) is 73.9 Å². The Morgan fingerprint density at radius 3 is 1.97 bits per heavy atom. The maximum absolute atomic E-state index is 14.2. The summed E-state index contributed by atoms with van der Waals surface area (Å²) in [6.45, 7) is 8.40. The van der Waals surface area contributed by atoms with Crippen molar-refractivity contribution in [2.24, 2.45) is 32.9 Å². The average molecular weight is 979 g/mol. The van der Waals surface area contributed by atoms with Gasteiger partial charge in [0.2, 0.25) is 5.95 Å². The zero-order valence-electron chi connectivity index (χ0n) is 36.4. The lowest BCUT2D eigenvalue weighted by Crippen LogP contribution is -2.62. The normalized spacial score (nSPS) is 22.2. The van der Waals surface area contributed by atoms with Crippen LogP contribution < -0.4 is 65.9 Å². The highest BCUT2D eigenvalue weighted by Crippen LogP contribution is 2.35. The summed E-state index contributed by atoms with van der Waals surface area (Å²) in [5, 5.41) is 17.5. The molecule has 2 bridgehead atoms. The number of carbonyl (C=O) groups excluding carboxylic acids is 2. The number of amides is 2. The summed E-state index contributed by atoms with van der Waals surface area (Å²) in [5.41, 5.74) is 39.6. The number of piperidine rings is 2. The number of carbonyl (C=O) groups is 3. The first kappa shape index (κ1) is 51.9. The fourth-order valence-electron chi connectivity index (χ4n) is 7.68. The molecule has 66 heavy (non-hydrogen) atoms. The van der Waals surface area contributed by atoms with E-state index in [1.165, 1.54) is 4.90 Å². The number of halogens is 5. The van der Waals surface area contributed by atoms with Gasteiger partial charge in [0.05, 0.1) is 20.0 Å². The number of carboxylic acid groups (broad SMARTS) is 1. The molecule has 2 amide bonds. The standard InChI is InChI=1S/C33H57Cl2N22O2.C2HF3O2/c1-4-10-52(11-5-2)33-48-29(19-6-12-54(13-7-19)56-21(28(39)58)25(36)45-27(38)23(56)34)47-30(49-33)20-8-14-55(15-9-20)57-22-26(37)46-31(24(57)35)41-16-42-51-44-18-53(32(22)59)17-43-50-40-3;3-2(4,5)1(6)7/h19-20,23-24,40,42-44,50-51H,3-18,36-37H2,1-2H3,(H2,38,45)(H2,39,58)(H,41,46);(H,6,7). The third kappa shape index (κ3) is 12.7. The number of anilines is 1. The summed E-state index contributed by atoms with van der Waals surface area (Å²) in [5.74, 6) is -1.37. The van der Waals surface area contributed by atoms with Crippen LogP contribution in [0.3, 0.4) is 0 Å². The van der Waals surface area contributed by atoms with Crippen LogP contribution in [0.25, 0.3) is 0 Å². The van der Waals surface area contributed by atoms with Crippen molar-refractivity contribution < 1.29 is 32.7 Å². The summed E-state index contributed by atoms with van der Waals surface area (Å²) >= 11 is 13.8. The minimum absolute atomic E-state index is 0.000140. The number of primary amides is 1. The Hall–Kier alpha value is -5.11. The molecule has 6 aliphatic rings. The fourth-order valence-corrected chi connectivity index (χ4v) is 8.30. The first-order chi connectivity index (χ1) is 31.4. The van der Waals surface area contributed by atoms with Crippen LogP contribution in [0.2, 0.25) is 0 Å². The predicted molar refractivity (Wildman–Crippen MR) is 236 cm³/mol. The van der Waals surface area contributed by atoms with E-state index in [1.807, 2.05) is 10.0 Å². The summed E-state index contributed by atoms with van der Waals surface area (Å²) in [4.78, 5) is 63.1. The molecule has 3 saturated heterocycles. The summed E-state index contributed by atoms with van der Waals surface area (Å²) in [6, 6.07) is 0. The average Bonchev–Trinajstić information content (AvgIpc) is 3.28. The number of amidine groups is 2. The Balaban J connectivity index is 0.00000108. The number of hydrogen-bond donors (Lipinski definition) is 12. The molecule has 367 valence electrons. The topological polar surface area (TPSA) is 343 Å². The zero-order chi connectivity index (χ0) is 48.3. The van der Waals surface area contributed by atoms with E-state index in [1.54, 1.807) is 10.0 Å². The van der Waals surface area contributed by atoms with E-state index in [0.717, 1.165) is 37.6 Å². The summed E-state index contributed by atoms with van der Waals surface area (Å²) in [7, 11) is 3.52. The highest BCUT2D eigenvalue weighted by Gasteiger charge is 2.42. The summed E-state index contributed by atoms with van der Waals surface area (Å²) in [6.07, 6.45) is -0.562. The molecular formula is C35H58Cl2F3N22O4. The van der Waals surface area contributed by atoms with Crippen molar-refractivity contribution in [3.05, 3.63) is 41.7 Å². The zero-order valence-corrected chi connectivity index (χ0v) is 37.9. The quantitative estimate of drug-likeness (QED) is 0.0410. The van der Waals surface area contributed by atoms with Gasteiger partial charge in [-0.3, -0.25) is 19.6 Å². The lowest BCUT2D eigenvalue weighted by molar-refractivity contribution is -0.192. The van der Waals surface area contributed by atoms with Crippen molar-refractivity contribution in [1.82, 2.24) is 78.0 Å². The van der Waals surface area contributed by atoms with Crippen LogP contribution in [0, 0.1) is 7.05 Å². The van der Waals surface area contributed by atoms with Crippen molar-refractivity contribution in [1.29, 1.82) is 0 Å². The molecule has 3 fully saturated rings. The molecule has 26 nitrogen and oxygen atoms in total. The maximum atomic E-state index is 14.2. The molecule has 0 spiro atoms. The fraction of sp³-hybridized carbons (Fsp3) is 0.629. The van der Waals surface area contributed by atoms with Crippen molar-refractivity contribution >= 4 is 58.6 Å². The molecule has 7 rings (SSSR count). The van der Waals surface area contributed by atoms with E-state index in [-0.39, 0.29) is 60.7 Å². The van der Waals surface area contributed by atoms with E-state index in [9.17, 15) is 22.8 Å². The van der Waals surface area contributed by atoms with Gasteiger partial charge >= 0.3 is 12.1 Å². The number of nitrogens with zero attached hydrogens (tertiary/aromatic N) is 11. The van der Waals surface area contributed by atoms with Crippen LogP contribution in [0.5, 0.6) is 0 Å². The van der Waals surface area contributed by atoms with Crippen LogP contribution in [-0.2, 0) is 14.4 Å². The third-order valence-corrected chi connectivity index (χ3v) is 11.6. The van der Waals surface area contributed by atoms with Crippen LogP contribution in [0.1, 0.15) is 75.9 Å². The van der Waals surface area contributed by atoms with Gasteiger partial charge in [-0.2, -0.15) is 34.2 Å². The van der Waals surface area contributed by atoms with Gasteiger partial charge in [-0.25, -0.2) is 51.5 Å². The van der Waals surface area contributed by atoms with Gasteiger partial charge in [-0.15, -0.1) is 0 Å². The van der Waals surface area contributed by atoms with Crippen molar-refractivity contribution in [3.63, 3.8) is 0 Å². The molecule has 0 aromatic carbocycles. The molecule has 31 heteroatoms. The molecular weight excluding hydrogens is 920 g/mol. The third-order valence-electron chi connectivity index (χ3n) is 10.8. The SMILES string of the molecule is O=C(O)C(F)(F)F.[CH2]NNNCN1CNNNCNC2=NC(N)=C(C1=O)N(N1CCC(c3nc(C4CCN(N5C(C(N)=O)=C(N)N=C(N)C5Cl)CC4)nc(N(CCC)CCC)n3)CC1)C2Cl. The Morgan fingerprint density at radius 1 is 0.894 bits per heavy atom. The van der Waals surface area contributed by atoms with Crippen LogP contribution in [0.4, 0.5) is 19.1 Å². The van der Waals surface area contributed by atoms with Crippen LogP contribution in [0.15, 0.2) is 33.0 Å². The van der Waals surface area contributed by atoms with Crippen molar-refractivity contribution in [3.8, 4) is 0 Å². The molecule has 2 unspecified atom stereocenters. The van der Waals surface area contributed by atoms with E-state index in [4.69, 9.17) is 71.0 Å². The number of aromatic nitrogens is 3. The molecule has 16 N–H and O–H groups in total. The van der Waals surface area contributed by atoms with Gasteiger partial charge in [-0.1, -0.05) is 37.0 Å². The Labute approximate surface area is 388 Å². The predicted octanol–water partition coefficient (Wildman–Crippen LogP) is -2.13. The number of nitrogens with two attached hydrogens (primary N) is 4. The Morgan fingerprint density at radius 2 is 1.45 bits per heavy atom. The molecule has 2 atom stereocenters. The minimum Gasteiger partial charge on any atom is -0.475 e. The number of carboxylic acids is 1. The first-order valence-corrected chi connectivity index (χ1v) is 21.9. The van der Waals surface area contributed by atoms with Crippen molar-refractivity contribution in [2.75, 3.05) is 64.2 Å². The molecule has 7 heterocycles. The highest BCUT2D eigenvalue weighted by molar-refractivity contribution is 6.32. The molecule has 0 saturated carbocycles. The van der Waals surface area contributed by atoms with Crippen LogP contribution in [-0.4, -0.2) is 151 Å². The smallest absolute Gasteiger partial charge is 0.475 e. The number of nitrogens with one attached hydrogen (secondary N) is 7. The second-order valence-electron chi connectivity index (χ2n) is 15.3. The Kier molecular flexibility index (Phi) is 18.5. The largest absolute Gasteiger partial charge is 0.490 e. The minimum atomic E-state index is -5.08. The number of rotatable bonds is 14. The van der Waals surface area contributed by atoms with Gasteiger partial charge in [-0.05, 0) is 38.5 Å². The summed E-state index contributed by atoms with van der Waals surface area (Å²) < 4.78 is 31.7. The molecule has 1 radical (unpaired) electrons. The lowest BCUT2D eigenvalue weighted by Gasteiger charge is -2.46. The van der Waals surface area contributed by atoms with Gasteiger partial charge < -0.3 is 43.2 Å². The van der Waals surface area contributed by atoms with Crippen LogP contribution >= 0.6 is 23.2 Å². The maximum Gasteiger partial charge on any atom is 0.490 e. The number of alkyl halides is 5. The number of hydrazine groups is 6. The van der Waals surface area contributed by atoms with E-state index >= 15 is 0 Å². The molecule has 6 aliphatic heterocycles. The van der Waals surface area contributed by atoms with Gasteiger partial charge in [0.25, 0.3) is 11.8 Å². The first-order valence-electron chi connectivity index (χ1n) is 21.0. The van der Waals surface area contributed by atoms with Crippen molar-refractivity contribution in [2.45, 2.75) is 81.4 Å². The molecule has 0 aliphatic carbocycles. The second kappa shape index (κ2) is 23.6. The van der Waals surface area contributed by atoms with Gasteiger partial charge in [0.15, 0.2) is 34.0 Å². The number of aliphatic carboxylic acids is 1.